The van der Waals surface area contributed by atoms with Gasteiger partial charge in [0, 0.05) is 11.9 Å². The third kappa shape index (κ3) is 3.43. The van der Waals surface area contributed by atoms with Crippen molar-refractivity contribution in [3.63, 3.8) is 0 Å². The van der Waals surface area contributed by atoms with Crippen molar-refractivity contribution in [3.8, 4) is 0 Å². The Kier molecular flexibility index (Phi) is 4.44. The zero-order valence-corrected chi connectivity index (χ0v) is 8.31. The molecular weight excluding hydrogens is 192 g/mol. The molecule has 1 unspecified atom stereocenters. The maximum absolute atomic E-state index is 11.0. The summed E-state index contributed by atoms with van der Waals surface area (Å²) in [6, 6.07) is -0.518. The van der Waals surface area contributed by atoms with Crippen LogP contribution in [0.25, 0.3) is 0 Å². The number of carbonyl (C=O) groups is 1. The van der Waals surface area contributed by atoms with Gasteiger partial charge in [-0.15, -0.1) is 12.4 Å². The van der Waals surface area contributed by atoms with Crippen LogP contribution in [-0.4, -0.2) is 21.9 Å². The molecular formula is C7H13ClN4O. The predicted octanol–water partition coefficient (Wildman–Crippen LogP) is 0.426. The van der Waals surface area contributed by atoms with Gasteiger partial charge in [0.05, 0.1) is 6.04 Å². The first kappa shape index (κ1) is 11.9. The number of anilines is 1. The largest absolute Gasteiger partial charge is 0.328 e. The fourth-order valence-corrected chi connectivity index (χ4v) is 0.707. The molecule has 0 radical (unpaired) electrons. The van der Waals surface area contributed by atoms with Crippen LogP contribution < -0.4 is 11.1 Å². The first-order valence-corrected chi connectivity index (χ1v) is 3.67. The van der Waals surface area contributed by atoms with E-state index in [0.29, 0.717) is 5.95 Å². The second kappa shape index (κ2) is 4.84. The lowest BCUT2D eigenvalue weighted by molar-refractivity contribution is -0.117. The molecule has 1 aromatic rings. The normalized spacial score (nSPS) is 11.6. The van der Waals surface area contributed by atoms with Crippen LogP contribution in [0.4, 0.5) is 5.95 Å². The summed E-state index contributed by atoms with van der Waals surface area (Å²) in [6.45, 7) is 3.47. The average Bonchev–Trinajstić information content (AvgIpc) is 2.35. The fourth-order valence-electron chi connectivity index (χ4n) is 0.707. The highest BCUT2D eigenvalue weighted by atomic mass is 35.5. The van der Waals surface area contributed by atoms with Gasteiger partial charge in [-0.05, 0) is 13.8 Å². The van der Waals surface area contributed by atoms with Crippen LogP contribution in [0.3, 0.4) is 0 Å². The summed E-state index contributed by atoms with van der Waals surface area (Å²) in [6.07, 6.45) is 1.64. The first-order chi connectivity index (χ1) is 5.59. The van der Waals surface area contributed by atoms with Crippen LogP contribution >= 0.6 is 12.4 Å². The SMILES string of the molecule is Cc1cnc(NC(=O)C(C)N)[nH]1.Cl. The monoisotopic (exact) mass is 204 g/mol. The molecule has 0 aliphatic carbocycles. The second-order valence-corrected chi connectivity index (χ2v) is 2.69. The minimum absolute atomic E-state index is 0. The molecule has 1 atom stereocenters. The number of carbonyl (C=O) groups excluding carboxylic acids is 1. The number of nitrogens with one attached hydrogen (secondary N) is 2. The van der Waals surface area contributed by atoms with E-state index in [1.165, 1.54) is 0 Å². The minimum Gasteiger partial charge on any atom is -0.328 e. The Labute approximate surface area is 82.5 Å². The fraction of sp³-hybridized carbons (Fsp3) is 0.429. The molecule has 1 amide bonds. The number of aryl methyl sites for hydroxylation is 1. The lowest BCUT2D eigenvalue weighted by atomic mass is 10.3. The third-order valence-corrected chi connectivity index (χ3v) is 1.36. The van der Waals surface area contributed by atoms with Gasteiger partial charge in [-0.1, -0.05) is 0 Å². The summed E-state index contributed by atoms with van der Waals surface area (Å²) in [5.74, 6) is 0.194. The van der Waals surface area contributed by atoms with Crippen molar-refractivity contribution >= 4 is 24.3 Å². The molecule has 13 heavy (non-hydrogen) atoms. The van der Waals surface area contributed by atoms with E-state index in [1.54, 1.807) is 13.1 Å². The molecule has 0 spiro atoms. The molecule has 4 N–H and O–H groups in total. The smallest absolute Gasteiger partial charge is 0.243 e. The topological polar surface area (TPSA) is 83.8 Å². The van der Waals surface area contributed by atoms with Gasteiger partial charge in [0.1, 0.15) is 0 Å². The number of nitrogens with two attached hydrogens (primary N) is 1. The maximum atomic E-state index is 11.0. The summed E-state index contributed by atoms with van der Waals surface area (Å²) >= 11 is 0. The summed E-state index contributed by atoms with van der Waals surface area (Å²) in [7, 11) is 0. The van der Waals surface area contributed by atoms with Gasteiger partial charge in [-0.2, -0.15) is 0 Å². The Morgan fingerprint density at radius 2 is 2.38 bits per heavy atom. The van der Waals surface area contributed by atoms with Gasteiger partial charge in [-0.25, -0.2) is 4.98 Å². The number of imidazole rings is 1. The molecule has 0 saturated carbocycles. The number of halogens is 1. The Bertz CT molecular complexity index is 284. The van der Waals surface area contributed by atoms with Crippen LogP contribution in [-0.2, 0) is 4.79 Å². The van der Waals surface area contributed by atoms with Gasteiger partial charge >= 0.3 is 0 Å². The van der Waals surface area contributed by atoms with Crippen molar-refractivity contribution in [2.45, 2.75) is 19.9 Å². The van der Waals surface area contributed by atoms with Crippen LogP contribution in [0, 0.1) is 6.92 Å². The van der Waals surface area contributed by atoms with Crippen LogP contribution in [0.15, 0.2) is 6.20 Å². The number of amides is 1. The maximum Gasteiger partial charge on any atom is 0.243 e. The van der Waals surface area contributed by atoms with Gasteiger partial charge in [0.2, 0.25) is 11.9 Å². The number of aromatic amines is 1. The Hall–Kier alpha value is -1.07. The molecule has 0 fully saturated rings. The molecule has 0 bridgehead atoms. The Morgan fingerprint density at radius 1 is 1.77 bits per heavy atom. The van der Waals surface area contributed by atoms with Gasteiger partial charge in [0.15, 0.2) is 0 Å². The quantitative estimate of drug-likeness (QED) is 0.653. The van der Waals surface area contributed by atoms with Crippen molar-refractivity contribution in [2.24, 2.45) is 5.73 Å². The summed E-state index contributed by atoms with van der Waals surface area (Å²) in [5.41, 5.74) is 6.23. The highest BCUT2D eigenvalue weighted by Gasteiger charge is 2.08. The van der Waals surface area contributed by atoms with E-state index >= 15 is 0 Å². The van der Waals surface area contributed by atoms with Gasteiger partial charge in [-0.3, -0.25) is 10.1 Å². The van der Waals surface area contributed by atoms with E-state index in [1.807, 2.05) is 6.92 Å². The number of nitrogens with zero attached hydrogens (tertiary/aromatic N) is 1. The zero-order chi connectivity index (χ0) is 9.14. The first-order valence-electron chi connectivity index (χ1n) is 3.67. The molecule has 0 aromatic carbocycles. The molecule has 0 aliphatic heterocycles. The highest BCUT2D eigenvalue weighted by molar-refractivity contribution is 5.92. The average molecular weight is 205 g/mol. The molecule has 0 saturated heterocycles. The number of hydrogen-bond donors (Lipinski definition) is 3. The van der Waals surface area contributed by atoms with Crippen molar-refractivity contribution in [1.82, 2.24) is 9.97 Å². The van der Waals surface area contributed by atoms with Crippen LogP contribution in [0.1, 0.15) is 12.6 Å². The van der Waals surface area contributed by atoms with E-state index in [0.717, 1.165) is 5.69 Å². The van der Waals surface area contributed by atoms with Gasteiger partial charge in [0.25, 0.3) is 0 Å². The lowest BCUT2D eigenvalue weighted by Gasteiger charge is -2.03. The van der Waals surface area contributed by atoms with Crippen molar-refractivity contribution in [3.05, 3.63) is 11.9 Å². The number of aromatic nitrogens is 2. The highest BCUT2D eigenvalue weighted by Crippen LogP contribution is 2.00. The number of hydrogen-bond acceptors (Lipinski definition) is 3. The molecule has 0 aliphatic rings. The molecule has 1 heterocycles. The van der Waals surface area contributed by atoms with E-state index < -0.39 is 6.04 Å². The Morgan fingerprint density at radius 3 is 2.77 bits per heavy atom. The minimum atomic E-state index is -0.518. The number of rotatable bonds is 2. The van der Waals surface area contributed by atoms with E-state index in [-0.39, 0.29) is 18.3 Å². The summed E-state index contributed by atoms with van der Waals surface area (Å²) in [4.78, 5) is 17.8. The van der Waals surface area contributed by atoms with E-state index in [9.17, 15) is 4.79 Å². The summed E-state index contributed by atoms with van der Waals surface area (Å²) < 4.78 is 0. The molecule has 6 heteroatoms. The number of H-pyrrole nitrogens is 1. The third-order valence-electron chi connectivity index (χ3n) is 1.36. The second-order valence-electron chi connectivity index (χ2n) is 2.69. The zero-order valence-electron chi connectivity index (χ0n) is 7.50. The van der Waals surface area contributed by atoms with Crippen molar-refractivity contribution in [2.75, 3.05) is 5.32 Å². The van der Waals surface area contributed by atoms with Crippen molar-refractivity contribution in [1.29, 1.82) is 0 Å². The standard InChI is InChI=1S/C7H12N4O.ClH/c1-4-3-9-7(10-4)11-6(12)5(2)8;/h3,5H,8H2,1-2H3,(H2,9,10,11,12);1H. The predicted molar refractivity (Wildman–Crippen MR) is 52.9 cm³/mol. The van der Waals surface area contributed by atoms with Crippen molar-refractivity contribution < 1.29 is 4.79 Å². The van der Waals surface area contributed by atoms with Gasteiger partial charge < -0.3 is 10.7 Å². The lowest BCUT2D eigenvalue weighted by Crippen LogP contribution is -2.32. The van der Waals surface area contributed by atoms with Crippen LogP contribution in [0.5, 0.6) is 0 Å². The van der Waals surface area contributed by atoms with E-state index in [2.05, 4.69) is 15.3 Å². The summed E-state index contributed by atoms with van der Waals surface area (Å²) in [5, 5.41) is 2.53. The molecule has 1 aromatic heterocycles. The molecule has 1 rings (SSSR count). The molecule has 74 valence electrons. The van der Waals surface area contributed by atoms with E-state index in [4.69, 9.17) is 5.73 Å². The Balaban J connectivity index is 0.00000144. The van der Waals surface area contributed by atoms with Crippen LogP contribution in [0.2, 0.25) is 0 Å². The molecule has 5 nitrogen and oxygen atoms in total.